The molecule has 0 aromatic carbocycles. The number of hydrogen-bond acceptors (Lipinski definition) is 3. The van der Waals surface area contributed by atoms with Gasteiger partial charge in [-0.2, -0.15) is 4.68 Å². The second-order valence-electron chi connectivity index (χ2n) is 5.61. The minimum atomic E-state index is -0.194. The molecule has 21 heavy (non-hydrogen) atoms. The first-order chi connectivity index (χ1) is 10.0. The standard InChI is InChI=1S/C16H21N3O2/c1-4-6-13-10-12-7-5-8-17-15(12)19(16(13)21)18-14(20)9-11(2)3/h5,7-8,10-11H,4,6,9H2,1-3H3,(H,18,20). The molecule has 5 heteroatoms. The van der Waals surface area contributed by atoms with E-state index in [9.17, 15) is 9.59 Å². The van der Waals surface area contributed by atoms with Gasteiger partial charge in [0.15, 0.2) is 5.65 Å². The maximum Gasteiger partial charge on any atom is 0.274 e. The number of fused-ring (bicyclic) bond motifs is 1. The zero-order valence-electron chi connectivity index (χ0n) is 12.7. The molecule has 0 saturated heterocycles. The molecule has 0 atom stereocenters. The average Bonchev–Trinajstić information content (AvgIpc) is 2.43. The third-order valence-electron chi connectivity index (χ3n) is 3.19. The van der Waals surface area contributed by atoms with Gasteiger partial charge >= 0.3 is 0 Å². The number of pyridine rings is 2. The lowest BCUT2D eigenvalue weighted by atomic mass is 10.1. The third kappa shape index (κ3) is 3.48. The number of hydrogen-bond donors (Lipinski definition) is 1. The first-order valence-corrected chi connectivity index (χ1v) is 7.32. The molecule has 2 rings (SSSR count). The molecule has 0 saturated carbocycles. The number of carbonyl (C=O) groups excluding carboxylic acids is 1. The van der Waals surface area contributed by atoms with Crippen LogP contribution in [0.1, 0.15) is 39.2 Å². The van der Waals surface area contributed by atoms with Crippen molar-refractivity contribution in [2.45, 2.75) is 40.0 Å². The van der Waals surface area contributed by atoms with Crippen LogP contribution < -0.4 is 11.0 Å². The normalized spacial score (nSPS) is 11.0. The molecule has 2 aromatic heterocycles. The Morgan fingerprint density at radius 3 is 2.86 bits per heavy atom. The highest BCUT2D eigenvalue weighted by Crippen LogP contribution is 2.11. The maximum atomic E-state index is 12.5. The fourth-order valence-electron chi connectivity index (χ4n) is 2.29. The number of nitrogens with one attached hydrogen (secondary N) is 1. The summed E-state index contributed by atoms with van der Waals surface area (Å²) < 4.78 is 1.28. The summed E-state index contributed by atoms with van der Waals surface area (Å²) >= 11 is 0. The van der Waals surface area contributed by atoms with Crippen molar-refractivity contribution in [3.8, 4) is 0 Å². The number of amides is 1. The van der Waals surface area contributed by atoms with Crippen LogP contribution in [0.3, 0.4) is 0 Å². The van der Waals surface area contributed by atoms with Gasteiger partial charge in [-0.15, -0.1) is 0 Å². The molecule has 1 amide bonds. The van der Waals surface area contributed by atoms with Gasteiger partial charge in [-0.3, -0.25) is 15.0 Å². The highest BCUT2D eigenvalue weighted by molar-refractivity contribution is 5.86. The Morgan fingerprint density at radius 1 is 1.43 bits per heavy atom. The first-order valence-electron chi connectivity index (χ1n) is 7.32. The first kappa shape index (κ1) is 15.2. The summed E-state index contributed by atoms with van der Waals surface area (Å²) in [7, 11) is 0. The van der Waals surface area contributed by atoms with Crippen molar-refractivity contribution < 1.29 is 4.79 Å². The Bertz CT molecular complexity index is 704. The van der Waals surface area contributed by atoms with Crippen molar-refractivity contribution in [3.05, 3.63) is 40.3 Å². The van der Waals surface area contributed by atoms with Gasteiger partial charge in [-0.25, -0.2) is 4.98 Å². The fourth-order valence-corrected chi connectivity index (χ4v) is 2.29. The number of nitrogens with zero attached hydrogens (tertiary/aromatic N) is 2. The van der Waals surface area contributed by atoms with Crippen LogP contribution in [0.2, 0.25) is 0 Å². The topological polar surface area (TPSA) is 64.0 Å². The van der Waals surface area contributed by atoms with Crippen LogP contribution in [0.25, 0.3) is 11.0 Å². The SMILES string of the molecule is CCCc1cc2cccnc2n(NC(=O)CC(C)C)c1=O. The monoisotopic (exact) mass is 287 g/mol. The van der Waals surface area contributed by atoms with Crippen LogP contribution in [-0.4, -0.2) is 15.6 Å². The summed E-state index contributed by atoms with van der Waals surface area (Å²) in [6.45, 7) is 5.95. The van der Waals surface area contributed by atoms with Gasteiger partial charge in [0, 0.05) is 23.6 Å². The van der Waals surface area contributed by atoms with Gasteiger partial charge in [0.05, 0.1) is 0 Å². The van der Waals surface area contributed by atoms with Crippen LogP contribution in [0.4, 0.5) is 0 Å². The third-order valence-corrected chi connectivity index (χ3v) is 3.19. The predicted molar refractivity (Wildman–Crippen MR) is 83.8 cm³/mol. The summed E-state index contributed by atoms with van der Waals surface area (Å²) in [6, 6.07) is 5.58. The number of rotatable bonds is 5. The van der Waals surface area contributed by atoms with Crippen LogP contribution in [0.5, 0.6) is 0 Å². The second kappa shape index (κ2) is 6.52. The van der Waals surface area contributed by atoms with Crippen molar-refractivity contribution in [1.29, 1.82) is 0 Å². The molecule has 0 aliphatic rings. The Hall–Kier alpha value is -2.17. The zero-order chi connectivity index (χ0) is 15.4. The highest BCUT2D eigenvalue weighted by atomic mass is 16.2. The molecule has 2 heterocycles. The highest BCUT2D eigenvalue weighted by Gasteiger charge is 2.12. The van der Waals surface area contributed by atoms with Crippen molar-refractivity contribution in [3.63, 3.8) is 0 Å². The summed E-state index contributed by atoms with van der Waals surface area (Å²) in [5.41, 5.74) is 3.67. The van der Waals surface area contributed by atoms with Gasteiger partial charge in [0.25, 0.3) is 5.56 Å². The van der Waals surface area contributed by atoms with E-state index in [1.54, 1.807) is 6.20 Å². The van der Waals surface area contributed by atoms with Crippen LogP contribution in [-0.2, 0) is 11.2 Å². The van der Waals surface area contributed by atoms with E-state index in [0.717, 1.165) is 11.8 Å². The Kier molecular flexibility index (Phi) is 4.73. The largest absolute Gasteiger partial charge is 0.274 e. The molecule has 0 radical (unpaired) electrons. The Balaban J connectivity index is 2.51. The smallest absolute Gasteiger partial charge is 0.273 e. The average molecular weight is 287 g/mol. The van der Waals surface area contributed by atoms with Gasteiger partial charge in [0.2, 0.25) is 5.91 Å². The van der Waals surface area contributed by atoms with E-state index >= 15 is 0 Å². The molecule has 2 aromatic rings. The fraction of sp³-hybridized carbons (Fsp3) is 0.438. The van der Waals surface area contributed by atoms with Gasteiger partial charge in [-0.1, -0.05) is 27.2 Å². The van der Waals surface area contributed by atoms with Gasteiger partial charge in [0.1, 0.15) is 0 Å². The quantitative estimate of drug-likeness (QED) is 0.918. The van der Waals surface area contributed by atoms with Gasteiger partial charge in [-0.05, 0) is 30.5 Å². The Labute approximate surface area is 124 Å². The van der Waals surface area contributed by atoms with Crippen LogP contribution in [0.15, 0.2) is 29.2 Å². The second-order valence-corrected chi connectivity index (χ2v) is 5.61. The predicted octanol–water partition coefficient (Wildman–Crippen LogP) is 2.47. The van der Waals surface area contributed by atoms with E-state index in [0.29, 0.717) is 24.1 Å². The molecular formula is C16H21N3O2. The van der Waals surface area contributed by atoms with Gasteiger partial charge < -0.3 is 0 Å². The lowest BCUT2D eigenvalue weighted by Gasteiger charge is -2.13. The molecule has 0 unspecified atom stereocenters. The van der Waals surface area contributed by atoms with E-state index in [1.165, 1.54) is 4.68 Å². The number of aromatic nitrogens is 2. The summed E-state index contributed by atoms with van der Waals surface area (Å²) in [4.78, 5) is 28.7. The van der Waals surface area contributed by atoms with E-state index in [4.69, 9.17) is 0 Å². The molecule has 0 fully saturated rings. The van der Waals surface area contributed by atoms with E-state index in [-0.39, 0.29) is 17.4 Å². The van der Waals surface area contributed by atoms with Crippen LogP contribution in [0, 0.1) is 5.92 Å². The van der Waals surface area contributed by atoms with Crippen molar-refractivity contribution in [1.82, 2.24) is 9.66 Å². The maximum absolute atomic E-state index is 12.5. The molecule has 5 nitrogen and oxygen atoms in total. The van der Waals surface area contributed by atoms with E-state index in [1.807, 2.05) is 39.0 Å². The molecule has 0 bridgehead atoms. The number of aryl methyl sites for hydroxylation is 1. The Morgan fingerprint density at radius 2 is 2.19 bits per heavy atom. The minimum Gasteiger partial charge on any atom is -0.273 e. The summed E-state index contributed by atoms with van der Waals surface area (Å²) in [5.74, 6) is 0.0615. The molecule has 0 spiro atoms. The number of carbonyl (C=O) groups is 1. The summed E-state index contributed by atoms with van der Waals surface area (Å²) in [5, 5.41) is 0.852. The summed E-state index contributed by atoms with van der Waals surface area (Å²) in [6.07, 6.45) is 3.55. The van der Waals surface area contributed by atoms with Crippen molar-refractivity contribution in [2.24, 2.45) is 5.92 Å². The van der Waals surface area contributed by atoms with E-state index in [2.05, 4.69) is 10.4 Å². The lowest BCUT2D eigenvalue weighted by molar-refractivity contribution is -0.117. The van der Waals surface area contributed by atoms with Crippen LogP contribution >= 0.6 is 0 Å². The molecule has 0 aliphatic heterocycles. The van der Waals surface area contributed by atoms with Crippen molar-refractivity contribution in [2.75, 3.05) is 5.43 Å². The minimum absolute atomic E-state index is 0.173. The lowest BCUT2D eigenvalue weighted by Crippen LogP contribution is -2.35. The molecular weight excluding hydrogens is 266 g/mol. The van der Waals surface area contributed by atoms with E-state index < -0.39 is 0 Å². The molecule has 1 N–H and O–H groups in total. The zero-order valence-corrected chi connectivity index (χ0v) is 12.7. The molecule has 112 valence electrons. The van der Waals surface area contributed by atoms with Crippen molar-refractivity contribution >= 4 is 16.9 Å². The molecule has 0 aliphatic carbocycles.